The highest BCUT2D eigenvalue weighted by Crippen LogP contribution is 2.34. The van der Waals surface area contributed by atoms with Gasteiger partial charge in [0.05, 0.1) is 19.0 Å². The van der Waals surface area contributed by atoms with Crippen LogP contribution in [0.2, 0.25) is 0 Å². The van der Waals surface area contributed by atoms with Crippen LogP contribution < -0.4 is 10.0 Å². The zero-order chi connectivity index (χ0) is 17.0. The average Bonchev–Trinajstić information content (AvgIpc) is 2.99. The second-order valence-electron chi connectivity index (χ2n) is 7.06. The minimum Gasteiger partial charge on any atom is -0.377 e. The summed E-state index contributed by atoms with van der Waals surface area (Å²) in [6, 6.07) is 10.7. The van der Waals surface area contributed by atoms with Crippen molar-refractivity contribution in [1.82, 2.24) is 10.0 Å². The van der Waals surface area contributed by atoms with Crippen LogP contribution in [-0.4, -0.2) is 46.0 Å². The van der Waals surface area contributed by atoms with Crippen molar-refractivity contribution in [2.45, 2.75) is 56.2 Å². The smallest absolute Gasteiger partial charge is 0.209 e. The molecule has 0 amide bonds. The molecule has 2 fully saturated rings. The first-order valence-corrected chi connectivity index (χ1v) is 10.8. The topological polar surface area (TPSA) is 67.4 Å². The van der Waals surface area contributed by atoms with Crippen LogP contribution in [0.15, 0.2) is 30.3 Å². The molecule has 24 heavy (non-hydrogen) atoms. The van der Waals surface area contributed by atoms with Crippen molar-refractivity contribution in [1.29, 1.82) is 0 Å². The monoisotopic (exact) mass is 352 g/mol. The van der Waals surface area contributed by atoms with Crippen molar-refractivity contribution in [3.05, 3.63) is 35.9 Å². The lowest BCUT2D eigenvalue weighted by molar-refractivity contribution is 0.0126. The molecule has 2 N–H and O–H groups in total. The Morgan fingerprint density at radius 2 is 1.83 bits per heavy atom. The van der Waals surface area contributed by atoms with Gasteiger partial charge in [0, 0.05) is 12.1 Å². The number of ether oxygens (including phenoxy) is 1. The van der Waals surface area contributed by atoms with Gasteiger partial charge in [-0.15, -0.1) is 0 Å². The molecule has 5 nitrogen and oxygen atoms in total. The Labute approximate surface area is 145 Å². The van der Waals surface area contributed by atoms with Crippen molar-refractivity contribution < 1.29 is 13.2 Å². The molecule has 1 unspecified atom stereocenters. The molecule has 134 valence electrons. The maximum Gasteiger partial charge on any atom is 0.209 e. The van der Waals surface area contributed by atoms with Crippen LogP contribution in [0.1, 0.15) is 43.6 Å². The first-order valence-electron chi connectivity index (χ1n) is 8.88. The number of rotatable bonds is 6. The third kappa shape index (κ3) is 5.02. The molecular weight excluding hydrogens is 324 g/mol. The van der Waals surface area contributed by atoms with Gasteiger partial charge in [-0.25, -0.2) is 13.1 Å². The van der Waals surface area contributed by atoms with Gasteiger partial charge in [-0.3, -0.25) is 0 Å². The van der Waals surface area contributed by atoms with Gasteiger partial charge in [0.1, 0.15) is 0 Å². The van der Waals surface area contributed by atoms with Gasteiger partial charge in [-0.05, 0) is 50.1 Å². The Hall–Kier alpha value is -0.950. The molecule has 1 saturated heterocycles. The number of sulfonamides is 1. The number of hydrogen-bond donors (Lipinski definition) is 2. The average molecular weight is 353 g/mol. The Bertz CT molecular complexity index is 612. The predicted molar refractivity (Wildman–Crippen MR) is 95.6 cm³/mol. The molecule has 1 saturated carbocycles. The summed E-state index contributed by atoms with van der Waals surface area (Å²) in [4.78, 5) is 0. The largest absolute Gasteiger partial charge is 0.377 e. The standard InChI is InChI=1S/C18H28N2O3S/c1-24(21,22)20-17-11-12-19-18(17)13-23-16-9-7-15(8-10-16)14-5-3-2-4-6-14/h2-6,15-20H,7-13H2,1H3/t15?,16?,17-,18?/m0/s1. The van der Waals surface area contributed by atoms with Gasteiger partial charge in [0.2, 0.25) is 10.0 Å². The van der Waals surface area contributed by atoms with E-state index in [2.05, 4.69) is 40.4 Å². The fourth-order valence-corrected chi connectivity index (χ4v) is 4.72. The van der Waals surface area contributed by atoms with Gasteiger partial charge in [0.15, 0.2) is 0 Å². The van der Waals surface area contributed by atoms with Crippen LogP contribution in [0, 0.1) is 0 Å². The normalized spacial score (nSPS) is 31.2. The van der Waals surface area contributed by atoms with Crippen LogP contribution >= 0.6 is 0 Å². The molecule has 0 aromatic heterocycles. The van der Waals surface area contributed by atoms with Gasteiger partial charge < -0.3 is 10.1 Å². The molecule has 6 heteroatoms. The first kappa shape index (κ1) is 17.9. The molecular formula is C18H28N2O3S. The minimum absolute atomic E-state index is 0.0549. The van der Waals surface area contributed by atoms with Crippen LogP contribution in [0.4, 0.5) is 0 Å². The Morgan fingerprint density at radius 1 is 1.12 bits per heavy atom. The summed E-state index contributed by atoms with van der Waals surface area (Å²) in [5.41, 5.74) is 1.44. The SMILES string of the molecule is CS(=O)(=O)N[C@H]1CCNC1COC1CCC(c2ccccc2)CC1. The fourth-order valence-electron chi connectivity index (χ4n) is 3.89. The third-order valence-electron chi connectivity index (χ3n) is 5.17. The molecule has 1 aliphatic heterocycles. The van der Waals surface area contributed by atoms with Crippen LogP contribution in [-0.2, 0) is 14.8 Å². The molecule has 2 atom stereocenters. The van der Waals surface area contributed by atoms with E-state index in [1.165, 1.54) is 11.8 Å². The van der Waals surface area contributed by atoms with Crippen molar-refractivity contribution in [3.8, 4) is 0 Å². The van der Waals surface area contributed by atoms with Crippen molar-refractivity contribution in [3.63, 3.8) is 0 Å². The summed E-state index contributed by atoms with van der Waals surface area (Å²) in [5.74, 6) is 0.648. The van der Waals surface area contributed by atoms with E-state index in [0.29, 0.717) is 18.6 Å². The van der Waals surface area contributed by atoms with Gasteiger partial charge in [-0.1, -0.05) is 30.3 Å². The molecule has 2 aliphatic rings. The first-order chi connectivity index (χ1) is 11.5. The van der Waals surface area contributed by atoms with E-state index in [1.54, 1.807) is 0 Å². The molecule has 0 radical (unpaired) electrons. The van der Waals surface area contributed by atoms with Crippen LogP contribution in [0.25, 0.3) is 0 Å². The Balaban J connectivity index is 1.43. The maximum absolute atomic E-state index is 11.4. The predicted octanol–water partition coefficient (Wildman–Crippen LogP) is 2.01. The van der Waals surface area contributed by atoms with E-state index in [1.807, 2.05) is 0 Å². The molecule has 0 spiro atoms. The molecule has 0 bridgehead atoms. The summed E-state index contributed by atoms with van der Waals surface area (Å²) in [5, 5.41) is 3.35. The summed E-state index contributed by atoms with van der Waals surface area (Å²) < 4.78 is 31.7. The van der Waals surface area contributed by atoms with E-state index >= 15 is 0 Å². The van der Waals surface area contributed by atoms with Crippen molar-refractivity contribution in [2.24, 2.45) is 0 Å². The lowest BCUT2D eigenvalue weighted by atomic mass is 9.83. The lowest BCUT2D eigenvalue weighted by Crippen LogP contribution is -2.46. The highest BCUT2D eigenvalue weighted by molar-refractivity contribution is 7.88. The molecule has 1 aliphatic carbocycles. The van der Waals surface area contributed by atoms with Crippen molar-refractivity contribution in [2.75, 3.05) is 19.4 Å². The number of hydrogen-bond acceptors (Lipinski definition) is 4. The van der Waals surface area contributed by atoms with E-state index < -0.39 is 10.0 Å². The Kier molecular flexibility index (Phi) is 5.92. The van der Waals surface area contributed by atoms with E-state index in [9.17, 15) is 8.42 Å². The summed E-state index contributed by atoms with van der Waals surface area (Å²) in [7, 11) is -3.17. The zero-order valence-electron chi connectivity index (χ0n) is 14.3. The molecule has 3 rings (SSSR count). The third-order valence-corrected chi connectivity index (χ3v) is 5.90. The highest BCUT2D eigenvalue weighted by atomic mass is 32.2. The quantitative estimate of drug-likeness (QED) is 0.822. The van der Waals surface area contributed by atoms with Crippen LogP contribution in [0.3, 0.4) is 0 Å². The minimum atomic E-state index is -3.17. The van der Waals surface area contributed by atoms with Gasteiger partial charge in [0.25, 0.3) is 0 Å². The zero-order valence-corrected chi connectivity index (χ0v) is 15.1. The van der Waals surface area contributed by atoms with E-state index in [4.69, 9.17) is 4.74 Å². The second-order valence-corrected chi connectivity index (χ2v) is 8.84. The highest BCUT2D eigenvalue weighted by Gasteiger charge is 2.30. The van der Waals surface area contributed by atoms with Crippen LogP contribution in [0.5, 0.6) is 0 Å². The summed E-state index contributed by atoms with van der Waals surface area (Å²) in [6.45, 7) is 1.41. The fraction of sp³-hybridized carbons (Fsp3) is 0.667. The van der Waals surface area contributed by atoms with Crippen molar-refractivity contribution >= 4 is 10.0 Å². The molecule has 1 heterocycles. The Morgan fingerprint density at radius 3 is 2.50 bits per heavy atom. The van der Waals surface area contributed by atoms with Gasteiger partial charge >= 0.3 is 0 Å². The summed E-state index contributed by atoms with van der Waals surface area (Å²) >= 11 is 0. The van der Waals surface area contributed by atoms with E-state index in [0.717, 1.165) is 38.6 Å². The van der Waals surface area contributed by atoms with E-state index in [-0.39, 0.29) is 12.1 Å². The van der Waals surface area contributed by atoms with Gasteiger partial charge in [-0.2, -0.15) is 0 Å². The number of benzene rings is 1. The lowest BCUT2D eigenvalue weighted by Gasteiger charge is -2.30. The molecule has 1 aromatic rings. The molecule has 1 aromatic carbocycles. The summed E-state index contributed by atoms with van der Waals surface area (Å²) in [6.07, 6.45) is 6.82. The second kappa shape index (κ2) is 7.95. The number of nitrogens with one attached hydrogen (secondary N) is 2. The maximum atomic E-state index is 11.4.